The summed E-state index contributed by atoms with van der Waals surface area (Å²) >= 11 is 0. The molecular weight excluding hydrogens is 617 g/mol. The molecule has 238 valence electrons. The minimum absolute atomic E-state index is 0.192. The average molecular weight is 649 g/mol. The molecule has 0 saturated carbocycles. The monoisotopic (exact) mass is 648 g/mol. The van der Waals surface area contributed by atoms with Gasteiger partial charge in [0, 0.05) is 32.5 Å². The van der Waals surface area contributed by atoms with E-state index in [2.05, 4.69) is 170 Å². The van der Waals surface area contributed by atoms with Gasteiger partial charge in [-0.3, -0.25) is 0 Å². The number of benzene rings is 8. The Morgan fingerprint density at radius 3 is 1.96 bits per heavy atom. The molecule has 10 rings (SSSR count). The maximum absolute atomic E-state index is 7.57. The van der Waals surface area contributed by atoms with Gasteiger partial charge in [-0.15, -0.1) is 0 Å². The Bertz CT molecular complexity index is 2950. The Balaban J connectivity index is 1.20. The predicted molar refractivity (Wildman–Crippen MR) is 214 cm³/mol. The number of aromatic nitrogens is 1. The Morgan fingerprint density at radius 1 is 0.471 bits per heavy atom. The standard InChI is InChI=1S/C49H32N2/c1-49(2)44-27-33(21-23-38(44)39-25-22-35(50-3)28-45(39)49)32-15-11-16-34(26-32)42-29-43-46(40-19-10-9-18-37(40)42)41-24-20-30-12-7-8-17-36(30)48(41)51-47(43)31-13-5-4-6-14-31/h4-29H,1-2H3. The van der Waals surface area contributed by atoms with E-state index in [9.17, 15) is 0 Å². The molecule has 8 aromatic carbocycles. The third kappa shape index (κ3) is 4.38. The van der Waals surface area contributed by atoms with Crippen LogP contribution >= 0.6 is 0 Å². The summed E-state index contributed by atoms with van der Waals surface area (Å²) in [6.07, 6.45) is 0. The fourth-order valence-electron chi connectivity index (χ4n) is 8.50. The molecule has 0 amide bonds. The van der Waals surface area contributed by atoms with Crippen molar-refractivity contribution >= 4 is 48.9 Å². The van der Waals surface area contributed by atoms with Gasteiger partial charge < -0.3 is 0 Å². The van der Waals surface area contributed by atoms with Gasteiger partial charge in [-0.1, -0.05) is 153 Å². The van der Waals surface area contributed by atoms with Gasteiger partial charge in [0.05, 0.1) is 17.8 Å². The summed E-state index contributed by atoms with van der Waals surface area (Å²) in [7, 11) is 0. The lowest BCUT2D eigenvalue weighted by atomic mass is 9.81. The van der Waals surface area contributed by atoms with Crippen molar-refractivity contribution in [2.75, 3.05) is 0 Å². The van der Waals surface area contributed by atoms with Crippen LogP contribution in [0.5, 0.6) is 0 Å². The lowest BCUT2D eigenvalue weighted by Crippen LogP contribution is -2.14. The summed E-state index contributed by atoms with van der Waals surface area (Å²) in [6, 6.07) is 56.8. The van der Waals surface area contributed by atoms with Gasteiger partial charge in [0.15, 0.2) is 5.69 Å². The molecule has 9 aromatic rings. The van der Waals surface area contributed by atoms with Crippen molar-refractivity contribution in [1.29, 1.82) is 0 Å². The summed E-state index contributed by atoms with van der Waals surface area (Å²) in [5.41, 5.74) is 13.4. The molecule has 0 bridgehead atoms. The molecule has 0 atom stereocenters. The van der Waals surface area contributed by atoms with E-state index in [1.54, 1.807) is 0 Å². The van der Waals surface area contributed by atoms with Gasteiger partial charge in [-0.05, 0) is 78.9 Å². The molecule has 51 heavy (non-hydrogen) atoms. The van der Waals surface area contributed by atoms with Crippen LogP contribution in [0.15, 0.2) is 158 Å². The first-order chi connectivity index (χ1) is 25.0. The topological polar surface area (TPSA) is 17.2 Å². The smallest absolute Gasteiger partial charge is 0.187 e. The molecule has 1 aliphatic carbocycles. The second-order valence-corrected chi connectivity index (χ2v) is 14.2. The Labute approximate surface area is 297 Å². The van der Waals surface area contributed by atoms with E-state index in [0.29, 0.717) is 5.69 Å². The summed E-state index contributed by atoms with van der Waals surface area (Å²) in [5, 5.41) is 8.38. The van der Waals surface area contributed by atoms with Crippen molar-refractivity contribution in [2.24, 2.45) is 0 Å². The predicted octanol–water partition coefficient (Wildman–Crippen LogP) is 13.6. The van der Waals surface area contributed by atoms with Gasteiger partial charge in [0.25, 0.3) is 0 Å². The van der Waals surface area contributed by atoms with Crippen LogP contribution in [0.2, 0.25) is 0 Å². The highest BCUT2D eigenvalue weighted by atomic mass is 14.7. The van der Waals surface area contributed by atoms with Crippen LogP contribution in [0.3, 0.4) is 0 Å². The van der Waals surface area contributed by atoms with Gasteiger partial charge in [0.1, 0.15) is 0 Å². The molecule has 0 radical (unpaired) electrons. The van der Waals surface area contributed by atoms with Crippen molar-refractivity contribution in [3.05, 3.63) is 180 Å². The largest absolute Gasteiger partial charge is 0.246 e. The van der Waals surface area contributed by atoms with Crippen LogP contribution in [0.4, 0.5) is 5.69 Å². The first-order valence-corrected chi connectivity index (χ1v) is 17.5. The number of rotatable bonds is 3. The molecule has 0 unspecified atom stereocenters. The van der Waals surface area contributed by atoms with Crippen LogP contribution in [0.25, 0.3) is 92.7 Å². The summed E-state index contributed by atoms with van der Waals surface area (Å²) in [4.78, 5) is 9.18. The minimum Gasteiger partial charge on any atom is -0.246 e. The van der Waals surface area contributed by atoms with E-state index >= 15 is 0 Å². The summed E-state index contributed by atoms with van der Waals surface area (Å²) in [5.74, 6) is 0. The quantitative estimate of drug-likeness (QED) is 0.138. The SMILES string of the molecule is [C-]#[N+]c1ccc2c(c1)C(C)(C)c1cc(-c3cccc(-c4cc5c(-c6ccccc6)nc6c7ccccc7ccc6c5c5ccccc45)c3)ccc1-2. The van der Waals surface area contributed by atoms with E-state index in [0.717, 1.165) is 22.2 Å². The third-order valence-electron chi connectivity index (χ3n) is 11.0. The molecule has 0 N–H and O–H groups in total. The van der Waals surface area contributed by atoms with Crippen molar-refractivity contribution in [1.82, 2.24) is 4.98 Å². The van der Waals surface area contributed by atoms with E-state index in [4.69, 9.17) is 11.6 Å². The molecule has 1 heterocycles. The fraction of sp³-hybridized carbons (Fsp3) is 0.0612. The van der Waals surface area contributed by atoms with Crippen LogP contribution in [-0.4, -0.2) is 4.98 Å². The number of pyridine rings is 1. The number of hydrogen-bond donors (Lipinski definition) is 0. The Morgan fingerprint density at radius 2 is 1.14 bits per heavy atom. The van der Waals surface area contributed by atoms with Crippen molar-refractivity contribution < 1.29 is 0 Å². The van der Waals surface area contributed by atoms with Gasteiger partial charge in [-0.2, -0.15) is 0 Å². The molecular formula is C49H32N2. The maximum atomic E-state index is 7.57. The van der Waals surface area contributed by atoms with Crippen LogP contribution in [0.1, 0.15) is 25.0 Å². The molecule has 2 heteroatoms. The molecule has 1 aromatic heterocycles. The lowest BCUT2D eigenvalue weighted by molar-refractivity contribution is 0.661. The normalized spacial score (nSPS) is 13.0. The highest BCUT2D eigenvalue weighted by Gasteiger charge is 2.35. The second-order valence-electron chi connectivity index (χ2n) is 14.2. The maximum Gasteiger partial charge on any atom is 0.187 e. The second kappa shape index (κ2) is 11.0. The van der Waals surface area contributed by atoms with E-state index < -0.39 is 0 Å². The van der Waals surface area contributed by atoms with Crippen LogP contribution < -0.4 is 0 Å². The summed E-state index contributed by atoms with van der Waals surface area (Å²) < 4.78 is 0. The van der Waals surface area contributed by atoms with Crippen LogP contribution in [0, 0.1) is 6.57 Å². The van der Waals surface area contributed by atoms with Gasteiger partial charge in [-0.25, -0.2) is 9.83 Å². The molecule has 2 nitrogen and oxygen atoms in total. The van der Waals surface area contributed by atoms with Crippen molar-refractivity contribution in [3.8, 4) is 44.6 Å². The molecule has 0 aliphatic heterocycles. The average Bonchev–Trinajstić information content (AvgIpc) is 3.42. The van der Waals surface area contributed by atoms with Gasteiger partial charge >= 0.3 is 0 Å². The first-order valence-electron chi connectivity index (χ1n) is 17.5. The van der Waals surface area contributed by atoms with E-state index in [-0.39, 0.29) is 5.41 Å². The zero-order chi connectivity index (χ0) is 34.3. The number of nitrogens with zero attached hydrogens (tertiary/aromatic N) is 2. The number of fused-ring (bicyclic) bond motifs is 10. The zero-order valence-corrected chi connectivity index (χ0v) is 28.4. The van der Waals surface area contributed by atoms with Crippen molar-refractivity contribution in [3.63, 3.8) is 0 Å². The molecule has 0 saturated heterocycles. The van der Waals surface area contributed by atoms with Crippen LogP contribution in [-0.2, 0) is 5.41 Å². The number of hydrogen-bond acceptors (Lipinski definition) is 1. The third-order valence-corrected chi connectivity index (χ3v) is 11.0. The minimum atomic E-state index is -0.192. The lowest BCUT2D eigenvalue weighted by Gasteiger charge is -2.22. The molecule has 1 aliphatic rings. The first kappa shape index (κ1) is 29.4. The summed E-state index contributed by atoms with van der Waals surface area (Å²) in [6.45, 7) is 12.1. The highest BCUT2D eigenvalue weighted by molar-refractivity contribution is 6.28. The highest BCUT2D eigenvalue weighted by Crippen LogP contribution is 2.51. The zero-order valence-electron chi connectivity index (χ0n) is 28.4. The van der Waals surface area contributed by atoms with Crippen molar-refractivity contribution in [2.45, 2.75) is 19.3 Å². The van der Waals surface area contributed by atoms with Gasteiger partial charge in [0.2, 0.25) is 0 Å². The Kier molecular flexibility index (Phi) is 6.32. The molecule has 0 spiro atoms. The Hall–Kier alpha value is -6.56. The molecule has 0 fully saturated rings. The van der Waals surface area contributed by atoms with E-state index in [1.807, 2.05) is 6.07 Å². The fourth-order valence-corrected chi connectivity index (χ4v) is 8.50. The van der Waals surface area contributed by atoms with E-state index in [1.165, 1.54) is 76.8 Å².